The molecule has 2 N–H and O–H groups in total. The molecule has 1 aromatic rings. The topological polar surface area (TPSA) is 75.4 Å². The Bertz CT molecular complexity index is 713. The van der Waals surface area contributed by atoms with E-state index in [1.165, 1.54) is 32.1 Å². The number of amides is 1. The van der Waals surface area contributed by atoms with Crippen LogP contribution in [0.1, 0.15) is 73.2 Å². The third kappa shape index (κ3) is 3.68. The first-order chi connectivity index (χ1) is 13.0. The molecule has 2 aliphatic heterocycles. The average molecular weight is 372 g/mol. The largest absolute Gasteiger partial charge is 0.355 e. The molecule has 3 fully saturated rings. The van der Waals surface area contributed by atoms with E-state index in [4.69, 9.17) is 10.7 Å². The fraction of sp³-hybridized carbons (Fsp3) is 0.762. The predicted octanol–water partition coefficient (Wildman–Crippen LogP) is 2.82. The number of hydrogen-bond donors (Lipinski definition) is 1. The molecule has 0 aromatic carbocycles. The molecule has 1 aliphatic carbocycles. The normalized spacial score (nSPS) is 25.2. The maximum Gasteiger partial charge on any atom is 0.291 e. The molecule has 6 heteroatoms. The van der Waals surface area contributed by atoms with Gasteiger partial charge >= 0.3 is 0 Å². The lowest BCUT2D eigenvalue weighted by Gasteiger charge is -2.27. The van der Waals surface area contributed by atoms with Gasteiger partial charge in [0.2, 0.25) is 5.82 Å². The number of aromatic nitrogens is 2. The highest BCUT2D eigenvalue weighted by molar-refractivity contribution is 5.91. The van der Waals surface area contributed by atoms with Gasteiger partial charge in [-0.15, -0.1) is 0 Å². The molecule has 1 saturated carbocycles. The minimum atomic E-state index is -0.00195. The summed E-state index contributed by atoms with van der Waals surface area (Å²) in [6.45, 7) is 7.40. The predicted molar refractivity (Wildman–Crippen MR) is 107 cm³/mol. The molecule has 148 valence electrons. The summed E-state index contributed by atoms with van der Waals surface area (Å²) in [5.41, 5.74) is 8.53. The minimum Gasteiger partial charge on any atom is -0.355 e. The Morgan fingerprint density at radius 2 is 1.78 bits per heavy atom. The fourth-order valence-electron chi connectivity index (χ4n) is 5.22. The van der Waals surface area contributed by atoms with Gasteiger partial charge in [-0.05, 0) is 57.8 Å². The van der Waals surface area contributed by atoms with Crippen LogP contribution in [0.3, 0.4) is 0 Å². The molecule has 1 atom stereocenters. The number of carbonyl (C=O) groups excluding carboxylic acids is 1. The zero-order chi connectivity index (χ0) is 19.0. The Hall–Kier alpha value is -1.69. The summed E-state index contributed by atoms with van der Waals surface area (Å²) in [6, 6.07) is 0.187. The number of carbonyl (C=O) groups is 1. The summed E-state index contributed by atoms with van der Waals surface area (Å²) in [5.74, 6) is 1.25. The van der Waals surface area contributed by atoms with Crippen molar-refractivity contribution in [2.45, 2.75) is 71.3 Å². The van der Waals surface area contributed by atoms with Gasteiger partial charge < -0.3 is 15.5 Å². The Morgan fingerprint density at radius 1 is 1.04 bits per heavy atom. The van der Waals surface area contributed by atoms with E-state index in [0.717, 1.165) is 62.5 Å². The first-order valence-corrected chi connectivity index (χ1v) is 10.6. The number of aryl methyl sites for hydroxylation is 1. The molecular formula is C21H33N5O. The van der Waals surface area contributed by atoms with Gasteiger partial charge in [0, 0.05) is 43.5 Å². The Kier molecular flexibility index (Phi) is 5.10. The van der Waals surface area contributed by atoms with E-state index >= 15 is 0 Å². The molecule has 0 unspecified atom stereocenters. The van der Waals surface area contributed by atoms with Crippen molar-refractivity contribution in [3.05, 3.63) is 17.1 Å². The van der Waals surface area contributed by atoms with Crippen molar-refractivity contribution in [2.75, 3.05) is 31.1 Å². The molecule has 0 bridgehead atoms. The first kappa shape index (κ1) is 18.7. The maximum atomic E-state index is 13.2. The van der Waals surface area contributed by atoms with Gasteiger partial charge in [-0.2, -0.15) is 0 Å². The monoisotopic (exact) mass is 371 g/mol. The summed E-state index contributed by atoms with van der Waals surface area (Å²) < 4.78 is 0. The quantitative estimate of drug-likeness (QED) is 0.865. The van der Waals surface area contributed by atoms with Crippen LogP contribution in [0.25, 0.3) is 0 Å². The van der Waals surface area contributed by atoms with Gasteiger partial charge in [-0.1, -0.05) is 12.8 Å². The van der Waals surface area contributed by atoms with Gasteiger partial charge in [-0.3, -0.25) is 4.79 Å². The molecule has 3 heterocycles. The number of nitrogens with two attached hydrogens (primary N) is 1. The molecule has 27 heavy (non-hydrogen) atoms. The Balaban J connectivity index is 1.54. The lowest BCUT2D eigenvalue weighted by molar-refractivity contribution is 0.0743. The smallest absolute Gasteiger partial charge is 0.291 e. The van der Waals surface area contributed by atoms with E-state index in [-0.39, 0.29) is 11.9 Å². The number of rotatable bonds is 2. The third-order valence-electron chi connectivity index (χ3n) is 7.08. The molecule has 4 rings (SSSR count). The lowest BCUT2D eigenvalue weighted by Crippen LogP contribution is -2.35. The van der Waals surface area contributed by atoms with Crippen LogP contribution in [0.15, 0.2) is 0 Å². The van der Waals surface area contributed by atoms with Crippen molar-refractivity contribution in [1.29, 1.82) is 0 Å². The van der Waals surface area contributed by atoms with E-state index < -0.39 is 0 Å². The highest BCUT2D eigenvalue weighted by atomic mass is 16.2. The molecule has 1 spiro atoms. The second kappa shape index (κ2) is 7.38. The average Bonchev–Trinajstić information content (AvgIpc) is 3.23. The van der Waals surface area contributed by atoms with Crippen LogP contribution in [0.5, 0.6) is 0 Å². The molecule has 0 radical (unpaired) electrons. The third-order valence-corrected chi connectivity index (χ3v) is 7.08. The number of hydrogen-bond acceptors (Lipinski definition) is 5. The number of anilines is 1. The minimum absolute atomic E-state index is 0.00195. The van der Waals surface area contributed by atoms with Gasteiger partial charge in [-0.25, -0.2) is 9.97 Å². The molecule has 3 aliphatic rings. The van der Waals surface area contributed by atoms with Crippen molar-refractivity contribution in [2.24, 2.45) is 11.1 Å². The van der Waals surface area contributed by atoms with E-state index in [1.54, 1.807) is 0 Å². The summed E-state index contributed by atoms with van der Waals surface area (Å²) in [7, 11) is 0. The summed E-state index contributed by atoms with van der Waals surface area (Å²) in [4.78, 5) is 26.7. The maximum absolute atomic E-state index is 13.2. The summed E-state index contributed by atoms with van der Waals surface area (Å²) in [5, 5.41) is 0. The van der Waals surface area contributed by atoms with Crippen molar-refractivity contribution in [1.82, 2.24) is 14.9 Å². The van der Waals surface area contributed by atoms with Crippen LogP contribution in [-0.4, -0.2) is 53.0 Å². The van der Waals surface area contributed by atoms with E-state index in [0.29, 0.717) is 11.2 Å². The van der Waals surface area contributed by atoms with Gasteiger partial charge in [0.05, 0.1) is 0 Å². The van der Waals surface area contributed by atoms with Crippen molar-refractivity contribution >= 4 is 11.7 Å². The van der Waals surface area contributed by atoms with Gasteiger partial charge in [0.15, 0.2) is 0 Å². The molecule has 1 aromatic heterocycles. The zero-order valence-electron chi connectivity index (χ0n) is 16.8. The van der Waals surface area contributed by atoms with Crippen molar-refractivity contribution in [3.8, 4) is 0 Å². The van der Waals surface area contributed by atoms with Gasteiger partial charge in [0.25, 0.3) is 5.91 Å². The fourth-order valence-corrected chi connectivity index (χ4v) is 5.22. The van der Waals surface area contributed by atoms with Crippen LogP contribution < -0.4 is 10.6 Å². The number of nitrogens with zero attached hydrogens (tertiary/aromatic N) is 4. The molecular weight excluding hydrogens is 338 g/mol. The van der Waals surface area contributed by atoms with Crippen molar-refractivity contribution in [3.63, 3.8) is 0 Å². The number of likely N-dealkylation sites (tertiary alicyclic amines) is 1. The van der Waals surface area contributed by atoms with Crippen molar-refractivity contribution < 1.29 is 4.79 Å². The SMILES string of the molecule is Cc1nc(C(=O)N2CCCC3(CCCC3)CC2)nc(N2CC[C@@H](N)C2)c1C. The van der Waals surface area contributed by atoms with Gasteiger partial charge in [0.1, 0.15) is 5.82 Å². The van der Waals surface area contributed by atoms with Crippen LogP contribution in [0.2, 0.25) is 0 Å². The zero-order valence-corrected chi connectivity index (χ0v) is 16.8. The standard InChI is InChI=1S/C21H33N5O/c1-15-16(2)23-18(24-19(15)26-12-6-17(22)14-26)20(27)25-11-5-9-21(10-13-25)7-3-4-8-21/h17H,3-14,22H2,1-2H3/t17-/m1/s1. The van der Waals surface area contributed by atoms with E-state index in [2.05, 4.69) is 9.88 Å². The van der Waals surface area contributed by atoms with Crippen LogP contribution >= 0.6 is 0 Å². The molecule has 6 nitrogen and oxygen atoms in total. The highest BCUT2D eigenvalue weighted by Gasteiger charge is 2.36. The Morgan fingerprint density at radius 3 is 2.48 bits per heavy atom. The Labute approximate surface area is 162 Å². The van der Waals surface area contributed by atoms with Crippen LogP contribution in [0.4, 0.5) is 5.82 Å². The summed E-state index contributed by atoms with van der Waals surface area (Å²) in [6.07, 6.45) is 9.87. The van der Waals surface area contributed by atoms with Crippen LogP contribution in [0, 0.1) is 19.3 Å². The second-order valence-electron chi connectivity index (χ2n) is 8.93. The highest BCUT2D eigenvalue weighted by Crippen LogP contribution is 2.46. The molecule has 2 saturated heterocycles. The molecule has 1 amide bonds. The lowest BCUT2D eigenvalue weighted by atomic mass is 9.79. The first-order valence-electron chi connectivity index (χ1n) is 10.6. The van der Waals surface area contributed by atoms with Crippen LogP contribution in [-0.2, 0) is 0 Å². The van der Waals surface area contributed by atoms with E-state index in [1.807, 2.05) is 18.7 Å². The summed E-state index contributed by atoms with van der Waals surface area (Å²) >= 11 is 0. The second-order valence-corrected chi connectivity index (χ2v) is 8.93. The van der Waals surface area contributed by atoms with E-state index in [9.17, 15) is 4.79 Å².